The Kier molecular flexibility index (Phi) is 6.27. The van der Waals surface area contributed by atoms with Gasteiger partial charge in [0.15, 0.2) is 5.13 Å². The molecule has 9 heteroatoms. The fourth-order valence-corrected chi connectivity index (χ4v) is 4.50. The molecule has 1 aliphatic rings. The van der Waals surface area contributed by atoms with Crippen molar-refractivity contribution < 1.29 is 22.8 Å². The van der Waals surface area contributed by atoms with Gasteiger partial charge >= 0.3 is 6.18 Å². The minimum atomic E-state index is -4.39. The Morgan fingerprint density at radius 2 is 2.00 bits per heavy atom. The molecule has 0 bridgehead atoms. The van der Waals surface area contributed by atoms with Gasteiger partial charge in [0, 0.05) is 35.5 Å². The van der Waals surface area contributed by atoms with Gasteiger partial charge in [0.05, 0.1) is 5.56 Å². The van der Waals surface area contributed by atoms with E-state index in [2.05, 4.69) is 15.6 Å². The van der Waals surface area contributed by atoms with Gasteiger partial charge in [-0.15, -0.1) is 11.3 Å². The van der Waals surface area contributed by atoms with Crippen molar-refractivity contribution in [3.63, 3.8) is 0 Å². The van der Waals surface area contributed by atoms with E-state index in [9.17, 15) is 22.8 Å². The third kappa shape index (κ3) is 5.34. The summed E-state index contributed by atoms with van der Waals surface area (Å²) >= 11 is 1.22. The third-order valence-corrected chi connectivity index (χ3v) is 6.18. The molecule has 0 saturated heterocycles. The molecule has 2 N–H and O–H groups in total. The van der Waals surface area contributed by atoms with Crippen LogP contribution in [-0.2, 0) is 28.6 Å². The fourth-order valence-electron chi connectivity index (χ4n) is 3.64. The number of fused-ring (bicyclic) bond motifs is 1. The highest BCUT2D eigenvalue weighted by molar-refractivity contribution is 7.15. The standard InChI is InChI=1S/C23H20F3N3O2S/c24-23(25,26)17-6-3-4-14(10-17)11-18-13-27-22(32-18)29-20(30)9-8-16-12-15-5-1-2-7-19(15)28-21(16)31/h1-7,10,13,16H,8-9,11-12H2,(H,28,31)(H,27,29,30)/t16-/m0/s1. The van der Waals surface area contributed by atoms with Crippen LogP contribution < -0.4 is 10.6 Å². The Balaban J connectivity index is 1.30. The van der Waals surface area contributed by atoms with Gasteiger partial charge in [-0.05, 0) is 36.1 Å². The summed E-state index contributed by atoms with van der Waals surface area (Å²) in [6, 6.07) is 12.8. The van der Waals surface area contributed by atoms with Crippen LogP contribution in [-0.4, -0.2) is 16.8 Å². The normalized spacial score (nSPS) is 15.7. The number of hydrogen-bond acceptors (Lipinski definition) is 4. The second-order valence-electron chi connectivity index (χ2n) is 7.64. The van der Waals surface area contributed by atoms with Crippen LogP contribution in [0.3, 0.4) is 0 Å². The van der Waals surface area contributed by atoms with Crippen molar-refractivity contribution >= 4 is 34.0 Å². The van der Waals surface area contributed by atoms with Gasteiger partial charge < -0.3 is 10.6 Å². The van der Waals surface area contributed by atoms with Gasteiger partial charge in [0.1, 0.15) is 0 Å². The van der Waals surface area contributed by atoms with Crippen LogP contribution >= 0.6 is 11.3 Å². The number of hydrogen-bond donors (Lipinski definition) is 2. The SMILES string of the molecule is O=C(CC[C@H]1Cc2ccccc2NC1=O)Nc1ncc(Cc2cccc(C(F)(F)F)c2)s1. The number of rotatable bonds is 6. The number of halogens is 3. The summed E-state index contributed by atoms with van der Waals surface area (Å²) < 4.78 is 38.6. The number of benzene rings is 2. The van der Waals surface area contributed by atoms with Gasteiger partial charge in [-0.2, -0.15) is 13.2 Å². The van der Waals surface area contributed by atoms with Gasteiger partial charge in [-0.1, -0.05) is 36.4 Å². The van der Waals surface area contributed by atoms with E-state index >= 15 is 0 Å². The maximum atomic E-state index is 12.9. The summed E-state index contributed by atoms with van der Waals surface area (Å²) in [6.45, 7) is 0. The van der Waals surface area contributed by atoms with Crippen molar-refractivity contribution in [2.45, 2.75) is 31.9 Å². The first-order chi connectivity index (χ1) is 15.3. The minimum absolute atomic E-state index is 0.0888. The van der Waals surface area contributed by atoms with Crippen LogP contribution in [0.25, 0.3) is 0 Å². The number of amides is 2. The van der Waals surface area contributed by atoms with E-state index in [1.54, 1.807) is 12.3 Å². The summed E-state index contributed by atoms with van der Waals surface area (Å²) in [7, 11) is 0. The van der Waals surface area contributed by atoms with E-state index in [-0.39, 0.29) is 24.2 Å². The molecule has 3 aromatic rings. The zero-order valence-electron chi connectivity index (χ0n) is 16.9. The lowest BCUT2D eigenvalue weighted by Gasteiger charge is -2.24. The largest absolute Gasteiger partial charge is 0.416 e. The first-order valence-electron chi connectivity index (χ1n) is 10.1. The maximum Gasteiger partial charge on any atom is 0.416 e. The molecule has 0 radical (unpaired) electrons. The smallest absolute Gasteiger partial charge is 0.326 e. The highest BCUT2D eigenvalue weighted by Gasteiger charge is 2.30. The number of carbonyl (C=O) groups is 2. The van der Waals surface area contributed by atoms with Crippen molar-refractivity contribution in [2.24, 2.45) is 5.92 Å². The zero-order chi connectivity index (χ0) is 22.7. The molecule has 2 amide bonds. The molecule has 2 aromatic carbocycles. The molecule has 0 fully saturated rings. The first-order valence-corrected chi connectivity index (χ1v) is 10.9. The molecule has 1 atom stereocenters. The Hall–Kier alpha value is -3.20. The van der Waals surface area contributed by atoms with E-state index in [1.807, 2.05) is 24.3 Å². The quantitative estimate of drug-likeness (QED) is 0.527. The lowest BCUT2D eigenvalue weighted by molar-refractivity contribution is -0.137. The van der Waals surface area contributed by atoms with E-state index < -0.39 is 11.7 Å². The van der Waals surface area contributed by atoms with E-state index in [0.717, 1.165) is 28.3 Å². The zero-order valence-corrected chi connectivity index (χ0v) is 17.7. The summed E-state index contributed by atoms with van der Waals surface area (Å²) in [4.78, 5) is 29.5. The van der Waals surface area contributed by atoms with Crippen molar-refractivity contribution in [2.75, 3.05) is 10.6 Å². The molecule has 1 aromatic heterocycles. The van der Waals surface area contributed by atoms with Gasteiger partial charge in [0.25, 0.3) is 0 Å². The van der Waals surface area contributed by atoms with Crippen LogP contribution in [0.2, 0.25) is 0 Å². The average molecular weight is 459 g/mol. The number of nitrogens with zero attached hydrogens (tertiary/aromatic N) is 1. The molecule has 2 heterocycles. The molecule has 166 valence electrons. The predicted molar refractivity (Wildman–Crippen MR) is 116 cm³/mol. The highest BCUT2D eigenvalue weighted by atomic mass is 32.1. The van der Waals surface area contributed by atoms with Crippen molar-refractivity contribution in [3.8, 4) is 0 Å². The second-order valence-corrected chi connectivity index (χ2v) is 8.76. The summed E-state index contributed by atoms with van der Waals surface area (Å²) in [6.07, 6.45) is -1.38. The maximum absolute atomic E-state index is 12.9. The molecule has 1 aliphatic heterocycles. The van der Waals surface area contributed by atoms with Crippen molar-refractivity contribution in [1.29, 1.82) is 0 Å². The Morgan fingerprint density at radius 3 is 2.81 bits per heavy atom. The molecule has 4 rings (SSSR count). The minimum Gasteiger partial charge on any atom is -0.326 e. The Labute approximate surface area is 186 Å². The molecule has 32 heavy (non-hydrogen) atoms. The van der Waals surface area contributed by atoms with Crippen molar-refractivity contribution in [1.82, 2.24) is 4.98 Å². The summed E-state index contributed by atoms with van der Waals surface area (Å²) in [5, 5.41) is 5.97. The number of anilines is 2. The van der Waals surface area contributed by atoms with E-state index in [1.165, 1.54) is 17.4 Å². The lowest BCUT2D eigenvalue weighted by Crippen LogP contribution is -2.30. The fraction of sp³-hybridized carbons (Fsp3) is 0.261. The molecular weight excluding hydrogens is 439 g/mol. The van der Waals surface area contributed by atoms with E-state index in [4.69, 9.17) is 0 Å². The lowest BCUT2D eigenvalue weighted by atomic mass is 9.89. The number of nitrogens with one attached hydrogen (secondary N) is 2. The molecule has 0 spiro atoms. The number of alkyl halides is 3. The molecule has 0 unspecified atom stereocenters. The number of thiazole rings is 1. The topological polar surface area (TPSA) is 71.1 Å². The molecule has 0 saturated carbocycles. The van der Waals surface area contributed by atoms with E-state index in [0.29, 0.717) is 30.0 Å². The third-order valence-electron chi connectivity index (χ3n) is 5.26. The summed E-state index contributed by atoms with van der Waals surface area (Å²) in [5.74, 6) is -0.617. The molecule has 0 aliphatic carbocycles. The Bertz CT molecular complexity index is 1140. The number of aromatic nitrogens is 1. The average Bonchev–Trinajstić information content (AvgIpc) is 3.18. The molecule has 5 nitrogen and oxygen atoms in total. The Morgan fingerprint density at radius 1 is 1.19 bits per heavy atom. The molecular formula is C23H20F3N3O2S. The van der Waals surface area contributed by atoms with Crippen molar-refractivity contribution in [3.05, 3.63) is 76.3 Å². The van der Waals surface area contributed by atoms with Crippen LogP contribution in [0.5, 0.6) is 0 Å². The van der Waals surface area contributed by atoms with Crippen LogP contribution in [0.4, 0.5) is 24.0 Å². The van der Waals surface area contributed by atoms with Crippen LogP contribution in [0, 0.1) is 5.92 Å². The van der Waals surface area contributed by atoms with Gasteiger partial charge in [-0.25, -0.2) is 4.98 Å². The second kappa shape index (κ2) is 9.12. The van der Waals surface area contributed by atoms with Gasteiger partial charge in [0.2, 0.25) is 11.8 Å². The number of carbonyl (C=O) groups excluding carboxylic acids is 2. The van der Waals surface area contributed by atoms with Crippen LogP contribution in [0.1, 0.15) is 34.4 Å². The highest BCUT2D eigenvalue weighted by Crippen LogP contribution is 2.31. The monoisotopic (exact) mass is 459 g/mol. The van der Waals surface area contributed by atoms with Gasteiger partial charge in [-0.3, -0.25) is 9.59 Å². The van der Waals surface area contributed by atoms with Crippen LogP contribution in [0.15, 0.2) is 54.7 Å². The summed E-state index contributed by atoms with van der Waals surface area (Å²) in [5.41, 5.74) is 1.69. The number of para-hydroxylation sites is 1. The predicted octanol–water partition coefficient (Wildman–Crippen LogP) is 5.28. The first kappa shape index (κ1) is 22.0.